The SMILES string of the molecule is O=C(CCOc1ccc(F)cc1)NCC(O)C(=O)O. The van der Waals surface area contributed by atoms with E-state index in [9.17, 15) is 14.0 Å². The minimum atomic E-state index is -1.62. The van der Waals surface area contributed by atoms with E-state index in [1.807, 2.05) is 0 Å². The van der Waals surface area contributed by atoms with Crippen LogP contribution >= 0.6 is 0 Å². The molecule has 3 N–H and O–H groups in total. The summed E-state index contributed by atoms with van der Waals surface area (Å²) in [7, 11) is 0. The zero-order valence-electron chi connectivity index (χ0n) is 10.0. The first kappa shape index (κ1) is 14.9. The third-order valence-electron chi connectivity index (χ3n) is 2.19. The third kappa shape index (κ3) is 5.82. The first-order chi connectivity index (χ1) is 8.99. The highest BCUT2D eigenvalue weighted by Gasteiger charge is 2.13. The highest BCUT2D eigenvalue weighted by atomic mass is 19.1. The van der Waals surface area contributed by atoms with Crippen LogP contribution in [0, 0.1) is 5.82 Å². The van der Waals surface area contributed by atoms with Crippen LogP contribution < -0.4 is 10.1 Å². The molecule has 1 aromatic carbocycles. The molecule has 0 aliphatic heterocycles. The van der Waals surface area contributed by atoms with Crippen LogP contribution in [0.5, 0.6) is 5.75 Å². The van der Waals surface area contributed by atoms with Gasteiger partial charge in [0.2, 0.25) is 5.91 Å². The average molecular weight is 271 g/mol. The van der Waals surface area contributed by atoms with Gasteiger partial charge >= 0.3 is 5.97 Å². The summed E-state index contributed by atoms with van der Waals surface area (Å²) in [6.45, 7) is -0.286. The van der Waals surface area contributed by atoms with Crippen molar-refractivity contribution in [2.24, 2.45) is 0 Å². The van der Waals surface area contributed by atoms with E-state index >= 15 is 0 Å². The molecule has 0 saturated heterocycles. The number of carboxylic acid groups (broad SMARTS) is 1. The van der Waals surface area contributed by atoms with Gasteiger partial charge < -0.3 is 20.3 Å². The lowest BCUT2D eigenvalue weighted by Crippen LogP contribution is -2.36. The number of halogens is 1. The highest BCUT2D eigenvalue weighted by Crippen LogP contribution is 2.10. The van der Waals surface area contributed by atoms with Gasteiger partial charge in [-0.05, 0) is 24.3 Å². The van der Waals surface area contributed by atoms with E-state index < -0.39 is 18.0 Å². The molecule has 0 bridgehead atoms. The molecule has 1 unspecified atom stereocenters. The smallest absolute Gasteiger partial charge is 0.334 e. The Morgan fingerprint density at radius 1 is 1.32 bits per heavy atom. The fourth-order valence-corrected chi connectivity index (χ4v) is 1.18. The van der Waals surface area contributed by atoms with Gasteiger partial charge in [-0.3, -0.25) is 4.79 Å². The molecule has 6 nitrogen and oxygen atoms in total. The number of aliphatic carboxylic acids is 1. The van der Waals surface area contributed by atoms with Gasteiger partial charge in [0, 0.05) is 0 Å². The minimum Gasteiger partial charge on any atom is -0.493 e. The predicted molar refractivity (Wildman–Crippen MR) is 63.2 cm³/mol. The lowest BCUT2D eigenvalue weighted by Gasteiger charge is -2.08. The Balaban J connectivity index is 2.20. The molecule has 1 rings (SSSR count). The van der Waals surface area contributed by atoms with Crippen LogP contribution in [-0.2, 0) is 9.59 Å². The molecule has 0 fully saturated rings. The van der Waals surface area contributed by atoms with Crippen LogP contribution in [0.1, 0.15) is 6.42 Å². The zero-order chi connectivity index (χ0) is 14.3. The Bertz CT molecular complexity index is 434. The van der Waals surface area contributed by atoms with E-state index in [4.69, 9.17) is 14.9 Å². The van der Waals surface area contributed by atoms with E-state index in [1.165, 1.54) is 24.3 Å². The van der Waals surface area contributed by atoms with Crippen molar-refractivity contribution in [1.82, 2.24) is 5.32 Å². The lowest BCUT2D eigenvalue weighted by molar-refractivity contribution is -0.146. The normalized spacial score (nSPS) is 11.7. The Morgan fingerprint density at radius 3 is 2.53 bits per heavy atom. The van der Waals surface area contributed by atoms with E-state index in [1.54, 1.807) is 0 Å². The maximum absolute atomic E-state index is 12.6. The van der Waals surface area contributed by atoms with Gasteiger partial charge in [-0.15, -0.1) is 0 Å². The third-order valence-corrected chi connectivity index (χ3v) is 2.19. The molecule has 7 heteroatoms. The standard InChI is InChI=1S/C12H14FNO5/c13-8-1-3-9(4-2-8)19-6-5-11(16)14-7-10(15)12(17)18/h1-4,10,15H,5-7H2,(H,14,16)(H,17,18). The van der Waals surface area contributed by atoms with Crippen molar-refractivity contribution < 1.29 is 28.9 Å². The van der Waals surface area contributed by atoms with Crippen LogP contribution in [-0.4, -0.2) is 41.3 Å². The Labute approximate surface area is 108 Å². The second-order valence-corrected chi connectivity index (χ2v) is 3.71. The minimum absolute atomic E-state index is 0.00369. The number of carbonyl (C=O) groups excluding carboxylic acids is 1. The van der Waals surface area contributed by atoms with Gasteiger partial charge in [-0.1, -0.05) is 0 Å². The zero-order valence-corrected chi connectivity index (χ0v) is 10.0. The van der Waals surface area contributed by atoms with E-state index in [2.05, 4.69) is 5.32 Å². The van der Waals surface area contributed by atoms with E-state index in [-0.39, 0.29) is 25.4 Å². The Kier molecular flexibility index (Phi) is 5.74. The summed E-state index contributed by atoms with van der Waals surface area (Å²) in [6.07, 6.45) is -1.62. The summed E-state index contributed by atoms with van der Waals surface area (Å²) in [4.78, 5) is 21.5. The van der Waals surface area contributed by atoms with Crippen molar-refractivity contribution in [1.29, 1.82) is 0 Å². The lowest BCUT2D eigenvalue weighted by atomic mass is 10.3. The second kappa shape index (κ2) is 7.32. The molecule has 0 radical (unpaired) electrons. The van der Waals surface area contributed by atoms with Crippen LogP contribution in [0.15, 0.2) is 24.3 Å². The predicted octanol–water partition coefficient (Wildman–Crippen LogP) is 0.156. The number of amides is 1. The summed E-state index contributed by atoms with van der Waals surface area (Å²) in [5.74, 6) is -1.79. The number of aliphatic hydroxyl groups is 1. The van der Waals surface area contributed by atoms with Gasteiger partial charge in [-0.25, -0.2) is 9.18 Å². The Morgan fingerprint density at radius 2 is 1.95 bits per heavy atom. The molecule has 0 spiro atoms. The summed E-state index contributed by atoms with van der Waals surface area (Å²) in [6, 6.07) is 5.33. The van der Waals surface area contributed by atoms with E-state index in [0.717, 1.165) is 0 Å². The molecule has 0 aliphatic carbocycles. The van der Waals surface area contributed by atoms with Crippen molar-refractivity contribution in [2.45, 2.75) is 12.5 Å². The molecule has 1 aromatic rings. The molecular formula is C12H14FNO5. The van der Waals surface area contributed by atoms with Gasteiger partial charge in [0.15, 0.2) is 6.10 Å². The van der Waals surface area contributed by atoms with Crippen molar-refractivity contribution in [3.05, 3.63) is 30.1 Å². The quantitative estimate of drug-likeness (QED) is 0.656. The number of benzene rings is 1. The molecule has 0 aromatic heterocycles. The van der Waals surface area contributed by atoms with Gasteiger partial charge in [0.25, 0.3) is 0 Å². The highest BCUT2D eigenvalue weighted by molar-refractivity contribution is 5.78. The van der Waals surface area contributed by atoms with E-state index in [0.29, 0.717) is 5.75 Å². The Hall–Kier alpha value is -2.15. The summed E-state index contributed by atoms with van der Waals surface area (Å²) in [5, 5.41) is 19.6. The van der Waals surface area contributed by atoms with Gasteiger partial charge in [-0.2, -0.15) is 0 Å². The molecular weight excluding hydrogens is 257 g/mol. The monoisotopic (exact) mass is 271 g/mol. The molecule has 0 saturated carbocycles. The molecule has 0 aliphatic rings. The van der Waals surface area contributed by atoms with Crippen LogP contribution in [0.25, 0.3) is 0 Å². The number of carbonyl (C=O) groups is 2. The number of carboxylic acids is 1. The summed E-state index contributed by atoms with van der Waals surface area (Å²) < 4.78 is 17.8. The van der Waals surface area contributed by atoms with Crippen molar-refractivity contribution in [3.63, 3.8) is 0 Å². The topological polar surface area (TPSA) is 95.9 Å². The van der Waals surface area contributed by atoms with Crippen molar-refractivity contribution in [3.8, 4) is 5.75 Å². The van der Waals surface area contributed by atoms with Crippen LogP contribution in [0.4, 0.5) is 4.39 Å². The first-order valence-electron chi connectivity index (χ1n) is 5.55. The number of ether oxygens (including phenoxy) is 1. The van der Waals surface area contributed by atoms with Crippen molar-refractivity contribution in [2.75, 3.05) is 13.2 Å². The fraction of sp³-hybridized carbons (Fsp3) is 0.333. The summed E-state index contributed by atoms with van der Waals surface area (Å²) in [5.41, 5.74) is 0. The van der Waals surface area contributed by atoms with Gasteiger partial charge in [0.1, 0.15) is 11.6 Å². The first-order valence-corrected chi connectivity index (χ1v) is 5.55. The van der Waals surface area contributed by atoms with Crippen LogP contribution in [0.2, 0.25) is 0 Å². The number of aliphatic hydroxyl groups excluding tert-OH is 1. The van der Waals surface area contributed by atoms with Crippen molar-refractivity contribution >= 4 is 11.9 Å². The average Bonchev–Trinajstić information content (AvgIpc) is 2.38. The molecule has 1 amide bonds. The summed E-state index contributed by atoms with van der Waals surface area (Å²) >= 11 is 0. The molecule has 0 heterocycles. The molecule has 1 atom stereocenters. The number of hydrogen-bond donors (Lipinski definition) is 3. The molecule has 104 valence electrons. The van der Waals surface area contributed by atoms with Crippen LogP contribution in [0.3, 0.4) is 0 Å². The fourth-order valence-electron chi connectivity index (χ4n) is 1.18. The number of hydrogen-bond acceptors (Lipinski definition) is 4. The maximum atomic E-state index is 12.6. The largest absolute Gasteiger partial charge is 0.493 e. The molecule has 19 heavy (non-hydrogen) atoms. The maximum Gasteiger partial charge on any atom is 0.334 e. The van der Waals surface area contributed by atoms with Gasteiger partial charge in [0.05, 0.1) is 19.6 Å². The second-order valence-electron chi connectivity index (χ2n) is 3.71. The number of rotatable bonds is 7. The number of nitrogens with one attached hydrogen (secondary N) is 1.